The molecule has 0 spiro atoms. The summed E-state index contributed by atoms with van der Waals surface area (Å²) < 4.78 is 5.94. The fourth-order valence-electron chi connectivity index (χ4n) is 3.87. The zero-order valence-corrected chi connectivity index (χ0v) is 12.6. The van der Waals surface area contributed by atoms with Crippen LogP contribution >= 0.6 is 22.7 Å². The quantitative estimate of drug-likeness (QED) is 0.814. The van der Waals surface area contributed by atoms with Crippen LogP contribution in [0.5, 0.6) is 0 Å². The lowest BCUT2D eigenvalue weighted by Crippen LogP contribution is -2.10. The summed E-state index contributed by atoms with van der Waals surface area (Å²) in [5, 5.41) is 3.85. The minimum Gasteiger partial charge on any atom is -0.373 e. The Balaban J connectivity index is 1.33. The van der Waals surface area contributed by atoms with Crippen LogP contribution in [0.1, 0.15) is 19.3 Å². The summed E-state index contributed by atoms with van der Waals surface area (Å²) in [5.74, 6) is 0.939. The predicted molar refractivity (Wildman–Crippen MR) is 79.9 cm³/mol. The van der Waals surface area contributed by atoms with E-state index in [2.05, 4.69) is 0 Å². The predicted octanol–water partition coefficient (Wildman–Crippen LogP) is 3.13. The number of hydrogen-bond acceptors (Lipinski definition) is 5. The fourth-order valence-corrected chi connectivity index (χ4v) is 5.30. The SMILES string of the molecule is O=C(c1cccs1)C1C2OC3C(C(=O)c4cccs4)C3C21. The molecule has 0 radical (unpaired) electrons. The van der Waals surface area contributed by atoms with Crippen LogP contribution in [-0.4, -0.2) is 23.8 Å². The Hall–Kier alpha value is -1.30. The van der Waals surface area contributed by atoms with Crippen molar-refractivity contribution in [1.29, 1.82) is 0 Å². The van der Waals surface area contributed by atoms with Gasteiger partial charge in [-0.15, -0.1) is 22.7 Å². The summed E-state index contributed by atoms with van der Waals surface area (Å²) in [6.45, 7) is 0. The maximum Gasteiger partial charge on any atom is 0.178 e. The summed E-state index contributed by atoms with van der Waals surface area (Å²) in [6.07, 6.45) is 0.143. The Bertz CT molecular complexity index is 657. The first-order valence-corrected chi connectivity index (χ1v) is 8.84. The molecule has 1 aliphatic heterocycles. The Labute approximate surface area is 129 Å². The fraction of sp³-hybridized carbons (Fsp3) is 0.375. The topological polar surface area (TPSA) is 43.4 Å². The van der Waals surface area contributed by atoms with Crippen molar-refractivity contribution < 1.29 is 14.3 Å². The summed E-state index contributed by atoms with van der Waals surface area (Å²) in [6, 6.07) is 7.55. The van der Waals surface area contributed by atoms with Crippen LogP contribution in [0.2, 0.25) is 0 Å². The molecule has 0 N–H and O–H groups in total. The smallest absolute Gasteiger partial charge is 0.178 e. The molecule has 3 heterocycles. The molecular weight excluding hydrogens is 304 g/mol. The van der Waals surface area contributed by atoms with Crippen LogP contribution in [0.15, 0.2) is 35.0 Å². The van der Waals surface area contributed by atoms with E-state index in [-0.39, 0.29) is 47.4 Å². The van der Waals surface area contributed by atoms with Gasteiger partial charge in [-0.3, -0.25) is 9.59 Å². The molecule has 6 atom stereocenters. The second-order valence-electron chi connectivity index (χ2n) is 5.95. The molecule has 5 rings (SSSR count). The van der Waals surface area contributed by atoms with Crippen LogP contribution in [0.25, 0.3) is 0 Å². The van der Waals surface area contributed by atoms with Crippen molar-refractivity contribution in [2.75, 3.05) is 0 Å². The molecular formula is C16H12O3S2. The third-order valence-electron chi connectivity index (χ3n) is 4.91. The first kappa shape index (κ1) is 12.3. The molecule has 0 aromatic carbocycles. The van der Waals surface area contributed by atoms with E-state index in [1.165, 1.54) is 22.7 Å². The first-order chi connectivity index (χ1) is 10.3. The Morgan fingerprint density at radius 1 is 0.857 bits per heavy atom. The Morgan fingerprint density at radius 2 is 1.33 bits per heavy atom. The van der Waals surface area contributed by atoms with Gasteiger partial charge in [0.25, 0.3) is 0 Å². The Morgan fingerprint density at radius 3 is 1.71 bits per heavy atom. The molecule has 5 heteroatoms. The van der Waals surface area contributed by atoms with Crippen molar-refractivity contribution in [3.05, 3.63) is 44.8 Å². The lowest BCUT2D eigenvalue weighted by molar-refractivity contribution is 0.0735. The second-order valence-corrected chi connectivity index (χ2v) is 7.85. The average Bonchev–Trinajstić information content (AvgIpc) is 3.07. The average molecular weight is 316 g/mol. The highest BCUT2D eigenvalue weighted by Gasteiger charge is 2.78. The molecule has 2 aliphatic carbocycles. The van der Waals surface area contributed by atoms with Gasteiger partial charge in [-0.2, -0.15) is 0 Å². The normalized spacial score (nSPS) is 38.7. The van der Waals surface area contributed by atoms with E-state index in [0.29, 0.717) is 0 Å². The van der Waals surface area contributed by atoms with Gasteiger partial charge in [-0.25, -0.2) is 0 Å². The van der Waals surface area contributed by atoms with E-state index in [0.717, 1.165) is 9.75 Å². The third-order valence-corrected chi connectivity index (χ3v) is 6.68. The van der Waals surface area contributed by atoms with Gasteiger partial charge in [0.2, 0.25) is 0 Å². The molecule has 1 saturated heterocycles. The van der Waals surface area contributed by atoms with E-state index in [1.54, 1.807) is 0 Å². The minimum atomic E-state index is -0.00830. The summed E-state index contributed by atoms with van der Waals surface area (Å²) >= 11 is 2.98. The van der Waals surface area contributed by atoms with Crippen LogP contribution in [0, 0.1) is 23.7 Å². The van der Waals surface area contributed by atoms with Gasteiger partial charge in [-0.1, -0.05) is 12.1 Å². The molecule has 3 fully saturated rings. The van der Waals surface area contributed by atoms with Crippen molar-refractivity contribution in [3.63, 3.8) is 0 Å². The number of ketones is 2. The molecule has 0 amide bonds. The van der Waals surface area contributed by atoms with Gasteiger partial charge < -0.3 is 4.74 Å². The molecule has 0 bridgehead atoms. The van der Waals surface area contributed by atoms with Gasteiger partial charge in [0.15, 0.2) is 11.6 Å². The number of rotatable bonds is 4. The van der Waals surface area contributed by atoms with Crippen molar-refractivity contribution in [2.45, 2.75) is 12.2 Å². The largest absolute Gasteiger partial charge is 0.373 e. The van der Waals surface area contributed by atoms with Gasteiger partial charge in [0, 0.05) is 11.8 Å². The van der Waals surface area contributed by atoms with Gasteiger partial charge in [0.1, 0.15) is 0 Å². The highest BCUT2D eigenvalue weighted by atomic mass is 32.1. The number of carbonyl (C=O) groups excluding carboxylic acids is 2. The number of ether oxygens (including phenoxy) is 1. The van der Waals surface area contributed by atoms with Gasteiger partial charge >= 0.3 is 0 Å². The number of Topliss-reactive ketones (excluding diaryl/α,β-unsaturated/α-hetero) is 2. The summed E-state index contributed by atoms with van der Waals surface area (Å²) in [5.41, 5.74) is 0. The molecule has 3 nitrogen and oxygen atoms in total. The van der Waals surface area contributed by atoms with Crippen LogP contribution in [-0.2, 0) is 4.74 Å². The monoisotopic (exact) mass is 316 g/mol. The van der Waals surface area contributed by atoms with Gasteiger partial charge in [-0.05, 0) is 22.9 Å². The zero-order chi connectivity index (χ0) is 14.1. The van der Waals surface area contributed by atoms with E-state index < -0.39 is 0 Å². The van der Waals surface area contributed by atoms with Crippen molar-refractivity contribution >= 4 is 34.2 Å². The Kier molecular flexibility index (Phi) is 2.41. The van der Waals surface area contributed by atoms with Crippen molar-refractivity contribution in [2.24, 2.45) is 23.7 Å². The number of fused-ring (bicyclic) bond motifs is 3. The summed E-state index contributed by atoms with van der Waals surface area (Å²) in [4.78, 5) is 26.4. The maximum atomic E-state index is 12.4. The first-order valence-electron chi connectivity index (χ1n) is 7.08. The minimum absolute atomic E-state index is 0.00830. The van der Waals surface area contributed by atoms with Crippen LogP contribution in [0.3, 0.4) is 0 Å². The molecule has 3 aliphatic rings. The van der Waals surface area contributed by atoms with Crippen molar-refractivity contribution in [1.82, 2.24) is 0 Å². The maximum absolute atomic E-state index is 12.4. The van der Waals surface area contributed by atoms with Crippen LogP contribution < -0.4 is 0 Å². The molecule has 2 aromatic heterocycles. The zero-order valence-electron chi connectivity index (χ0n) is 11.0. The van der Waals surface area contributed by atoms with E-state index in [1.807, 2.05) is 35.0 Å². The molecule has 2 saturated carbocycles. The van der Waals surface area contributed by atoms with E-state index in [4.69, 9.17) is 4.74 Å². The highest BCUT2D eigenvalue weighted by Crippen LogP contribution is 2.69. The second kappa shape index (κ2) is 4.12. The number of thiophene rings is 2. The van der Waals surface area contributed by atoms with Crippen LogP contribution in [0.4, 0.5) is 0 Å². The lowest BCUT2D eigenvalue weighted by atomic mass is 10.1. The standard InChI is InChI=1S/C16H12O3S2/c17-13(7-3-1-5-20-7)11-9-10-12(16(10)19-15(9)11)14(18)8-4-2-6-21-8/h1-6,9-12,15-16H. The van der Waals surface area contributed by atoms with E-state index in [9.17, 15) is 9.59 Å². The number of hydrogen-bond donors (Lipinski definition) is 0. The molecule has 2 aromatic rings. The van der Waals surface area contributed by atoms with E-state index >= 15 is 0 Å². The highest BCUT2D eigenvalue weighted by molar-refractivity contribution is 7.12. The number of carbonyl (C=O) groups is 2. The molecule has 6 unspecified atom stereocenters. The summed E-state index contributed by atoms with van der Waals surface area (Å²) in [7, 11) is 0. The lowest BCUT2D eigenvalue weighted by Gasteiger charge is -2.01. The third kappa shape index (κ3) is 1.62. The molecule has 106 valence electrons. The van der Waals surface area contributed by atoms with Crippen molar-refractivity contribution in [3.8, 4) is 0 Å². The molecule has 21 heavy (non-hydrogen) atoms. The van der Waals surface area contributed by atoms with Gasteiger partial charge in [0.05, 0.1) is 33.8 Å².